The van der Waals surface area contributed by atoms with Crippen LogP contribution in [0.2, 0.25) is 0 Å². The number of benzene rings is 2. The fraction of sp³-hybridized carbons (Fsp3) is 0.393. The Bertz CT molecular complexity index is 956. The maximum absolute atomic E-state index is 11.6. The lowest BCUT2D eigenvalue weighted by atomic mass is 9.62. The monoisotopic (exact) mass is 418 g/mol. The van der Waals surface area contributed by atoms with E-state index in [0.717, 1.165) is 29.5 Å². The molecule has 0 unspecified atom stereocenters. The summed E-state index contributed by atoms with van der Waals surface area (Å²) in [5, 5.41) is 9.80. The third kappa shape index (κ3) is 6.10. The average molecular weight is 419 g/mol. The Kier molecular flexibility index (Phi) is 6.74. The smallest absolute Gasteiger partial charge is 0.330 e. The second-order valence-electron chi connectivity index (χ2n) is 10.1. The minimum absolute atomic E-state index is 0.238. The number of hydrogen-bond donors (Lipinski definition) is 1. The summed E-state index contributed by atoms with van der Waals surface area (Å²) in [7, 11) is 0. The van der Waals surface area contributed by atoms with Gasteiger partial charge in [-0.25, -0.2) is 4.79 Å². The molecular formula is C28H34O3. The van der Waals surface area contributed by atoms with Gasteiger partial charge in [0.25, 0.3) is 0 Å². The predicted octanol–water partition coefficient (Wildman–Crippen LogP) is 7.01. The number of rotatable bonds is 5. The van der Waals surface area contributed by atoms with Gasteiger partial charge in [0.15, 0.2) is 0 Å². The second kappa shape index (κ2) is 9.13. The van der Waals surface area contributed by atoms with Gasteiger partial charge in [-0.3, -0.25) is 0 Å². The Balaban J connectivity index is 2.03. The Morgan fingerprint density at radius 3 is 1.97 bits per heavy atom. The van der Waals surface area contributed by atoms with E-state index >= 15 is 0 Å². The molecule has 0 amide bonds. The number of esters is 1. The van der Waals surface area contributed by atoms with E-state index in [0.29, 0.717) is 6.61 Å². The quantitative estimate of drug-likeness (QED) is 0.420. The van der Waals surface area contributed by atoms with Gasteiger partial charge in [-0.15, -0.1) is 0 Å². The molecule has 1 N–H and O–H groups in total. The van der Waals surface area contributed by atoms with Crippen LogP contribution in [0.15, 0.2) is 60.2 Å². The highest BCUT2D eigenvalue weighted by Gasteiger charge is 2.37. The Morgan fingerprint density at radius 1 is 0.935 bits per heavy atom. The number of carbonyl (C=O) groups excluding carboxylic acids is 1. The standard InChI is InChI=1S/C28H34O3/c1-6-31-25(30)16-9-20-7-10-21(11-8-20)26(22-12-14-24(29)15-13-22)23-17-27(2,3)19-28(4,5)18-23/h7-16,29H,6,17-19H2,1-5H3/b16-9+. The van der Waals surface area contributed by atoms with Crippen LogP contribution in [0.25, 0.3) is 11.6 Å². The minimum Gasteiger partial charge on any atom is -0.508 e. The summed E-state index contributed by atoms with van der Waals surface area (Å²) in [4.78, 5) is 11.6. The zero-order valence-corrected chi connectivity index (χ0v) is 19.4. The summed E-state index contributed by atoms with van der Waals surface area (Å²) in [5.41, 5.74) is 6.42. The van der Waals surface area contributed by atoms with Gasteiger partial charge in [0.1, 0.15) is 5.75 Å². The van der Waals surface area contributed by atoms with Gasteiger partial charge in [0.2, 0.25) is 0 Å². The van der Waals surface area contributed by atoms with Crippen LogP contribution in [0.4, 0.5) is 0 Å². The van der Waals surface area contributed by atoms with Crippen LogP contribution in [0.3, 0.4) is 0 Å². The van der Waals surface area contributed by atoms with Crippen molar-refractivity contribution >= 4 is 17.6 Å². The van der Waals surface area contributed by atoms with Crippen LogP contribution < -0.4 is 0 Å². The number of aromatic hydroxyl groups is 1. The first-order chi connectivity index (χ1) is 14.6. The second-order valence-corrected chi connectivity index (χ2v) is 10.1. The Morgan fingerprint density at radius 2 is 1.45 bits per heavy atom. The molecule has 0 aromatic heterocycles. The molecule has 3 heteroatoms. The maximum atomic E-state index is 11.6. The molecule has 0 saturated heterocycles. The lowest BCUT2D eigenvalue weighted by molar-refractivity contribution is -0.137. The lowest BCUT2D eigenvalue weighted by Gasteiger charge is -2.43. The number of phenolic OH excluding ortho intramolecular Hbond substituents is 1. The van der Waals surface area contributed by atoms with E-state index in [1.807, 2.05) is 24.3 Å². The summed E-state index contributed by atoms with van der Waals surface area (Å²) in [6, 6.07) is 15.8. The summed E-state index contributed by atoms with van der Waals surface area (Å²) < 4.78 is 4.96. The molecule has 1 aliphatic carbocycles. The van der Waals surface area contributed by atoms with Crippen LogP contribution in [0, 0.1) is 10.8 Å². The van der Waals surface area contributed by atoms with Crippen molar-refractivity contribution in [2.45, 2.75) is 53.9 Å². The molecule has 1 saturated carbocycles. The molecule has 1 aliphatic rings. The first-order valence-corrected chi connectivity index (χ1v) is 11.1. The molecule has 164 valence electrons. The van der Waals surface area contributed by atoms with Crippen molar-refractivity contribution in [1.29, 1.82) is 0 Å². The van der Waals surface area contributed by atoms with E-state index in [4.69, 9.17) is 4.74 Å². The van der Waals surface area contributed by atoms with E-state index in [9.17, 15) is 9.90 Å². The summed E-state index contributed by atoms with van der Waals surface area (Å²) in [6.45, 7) is 11.6. The fourth-order valence-electron chi connectivity index (χ4n) is 5.13. The number of phenols is 1. The molecule has 2 aromatic rings. The Hall–Kier alpha value is -2.81. The average Bonchev–Trinajstić information content (AvgIpc) is 2.67. The molecule has 3 rings (SSSR count). The van der Waals surface area contributed by atoms with Crippen LogP contribution in [-0.4, -0.2) is 17.7 Å². The fourth-order valence-corrected chi connectivity index (χ4v) is 5.13. The molecule has 0 bridgehead atoms. The summed E-state index contributed by atoms with van der Waals surface area (Å²) >= 11 is 0. The number of allylic oxidation sites excluding steroid dienone is 1. The summed E-state index contributed by atoms with van der Waals surface area (Å²) in [5.74, 6) is -0.0537. The van der Waals surface area contributed by atoms with E-state index in [1.54, 1.807) is 25.1 Å². The van der Waals surface area contributed by atoms with Crippen LogP contribution >= 0.6 is 0 Å². The molecule has 3 nitrogen and oxygen atoms in total. The van der Waals surface area contributed by atoms with Gasteiger partial charge in [-0.2, -0.15) is 0 Å². The highest BCUT2D eigenvalue weighted by Crippen LogP contribution is 2.50. The van der Waals surface area contributed by atoms with Gasteiger partial charge in [-0.1, -0.05) is 69.7 Å². The van der Waals surface area contributed by atoms with E-state index in [2.05, 4.69) is 39.8 Å². The van der Waals surface area contributed by atoms with Gasteiger partial charge in [0, 0.05) is 6.08 Å². The predicted molar refractivity (Wildman–Crippen MR) is 128 cm³/mol. The van der Waals surface area contributed by atoms with Gasteiger partial charge in [-0.05, 0) is 77.5 Å². The van der Waals surface area contributed by atoms with Gasteiger partial charge < -0.3 is 9.84 Å². The molecular weight excluding hydrogens is 384 g/mol. The zero-order chi connectivity index (χ0) is 22.6. The van der Waals surface area contributed by atoms with Crippen LogP contribution in [0.1, 0.15) is 70.6 Å². The van der Waals surface area contributed by atoms with E-state index in [-0.39, 0.29) is 22.5 Å². The highest BCUT2D eigenvalue weighted by atomic mass is 16.5. The molecule has 0 aliphatic heterocycles. The first kappa shape index (κ1) is 22.9. The van der Waals surface area contributed by atoms with Crippen molar-refractivity contribution in [3.8, 4) is 5.75 Å². The van der Waals surface area contributed by atoms with Crippen molar-refractivity contribution in [2.75, 3.05) is 6.61 Å². The van der Waals surface area contributed by atoms with Crippen LogP contribution in [-0.2, 0) is 9.53 Å². The molecule has 0 atom stereocenters. The van der Waals surface area contributed by atoms with Gasteiger partial charge in [0.05, 0.1) is 6.61 Å². The highest BCUT2D eigenvalue weighted by molar-refractivity contribution is 5.87. The molecule has 0 heterocycles. The molecule has 2 aromatic carbocycles. The largest absolute Gasteiger partial charge is 0.508 e. The third-order valence-corrected chi connectivity index (χ3v) is 5.75. The Labute approximate surface area is 186 Å². The third-order valence-electron chi connectivity index (χ3n) is 5.75. The molecule has 1 fully saturated rings. The number of carbonyl (C=O) groups is 1. The van der Waals surface area contributed by atoms with Crippen molar-refractivity contribution < 1.29 is 14.6 Å². The first-order valence-electron chi connectivity index (χ1n) is 11.1. The summed E-state index contributed by atoms with van der Waals surface area (Å²) in [6.07, 6.45) is 6.55. The van der Waals surface area contributed by atoms with Crippen molar-refractivity contribution in [3.63, 3.8) is 0 Å². The van der Waals surface area contributed by atoms with E-state index in [1.165, 1.54) is 23.6 Å². The topological polar surface area (TPSA) is 46.5 Å². The lowest BCUT2D eigenvalue weighted by Crippen LogP contribution is -2.30. The number of ether oxygens (including phenoxy) is 1. The molecule has 31 heavy (non-hydrogen) atoms. The molecule has 0 radical (unpaired) electrons. The maximum Gasteiger partial charge on any atom is 0.330 e. The van der Waals surface area contributed by atoms with Crippen molar-refractivity contribution in [1.82, 2.24) is 0 Å². The minimum atomic E-state index is -0.329. The van der Waals surface area contributed by atoms with E-state index < -0.39 is 0 Å². The molecule has 0 spiro atoms. The number of hydrogen-bond acceptors (Lipinski definition) is 3. The van der Waals surface area contributed by atoms with Crippen molar-refractivity contribution in [3.05, 3.63) is 76.9 Å². The SMILES string of the molecule is CCOC(=O)/C=C/c1ccc(C(=C2CC(C)(C)CC(C)(C)C2)c2ccc(O)cc2)cc1. The van der Waals surface area contributed by atoms with Crippen molar-refractivity contribution in [2.24, 2.45) is 10.8 Å². The normalized spacial score (nSPS) is 17.5. The zero-order valence-electron chi connectivity index (χ0n) is 19.4. The van der Waals surface area contributed by atoms with Crippen LogP contribution in [0.5, 0.6) is 5.75 Å². The van der Waals surface area contributed by atoms with Gasteiger partial charge >= 0.3 is 5.97 Å².